The molecule has 2 aliphatic carbocycles. The minimum atomic E-state index is -0.303. The van der Waals surface area contributed by atoms with Crippen molar-refractivity contribution in [3.63, 3.8) is 0 Å². The Kier molecular flexibility index (Phi) is 9.09. The van der Waals surface area contributed by atoms with E-state index in [0.29, 0.717) is 0 Å². The number of rotatable bonds is 6. The highest BCUT2D eigenvalue weighted by atomic mass is 15.1. The fourth-order valence-electron chi connectivity index (χ4n) is 13.1. The summed E-state index contributed by atoms with van der Waals surface area (Å²) < 4.78 is 0. The third-order valence-corrected chi connectivity index (χ3v) is 16.9. The highest BCUT2D eigenvalue weighted by Crippen LogP contribution is 2.61. The molecule has 0 aromatic heterocycles. The fourth-order valence-corrected chi connectivity index (χ4v) is 13.1. The number of nitrogens with zero attached hydrogens (tertiary/aromatic N) is 2. The van der Waals surface area contributed by atoms with Crippen LogP contribution in [0.5, 0.6) is 0 Å². The first kappa shape index (κ1) is 42.7. The van der Waals surface area contributed by atoms with Gasteiger partial charge in [-0.3, -0.25) is 0 Å². The average molecular weight is 945 g/mol. The molecule has 2 heteroatoms. The van der Waals surface area contributed by atoms with Gasteiger partial charge in [-0.2, -0.15) is 0 Å². The Bertz CT molecular complexity index is 4070. The van der Waals surface area contributed by atoms with Gasteiger partial charge < -0.3 is 9.80 Å². The Morgan fingerprint density at radius 1 is 0.243 bits per heavy atom. The van der Waals surface area contributed by atoms with Gasteiger partial charge in [0.1, 0.15) is 0 Å². The van der Waals surface area contributed by atoms with Gasteiger partial charge in [-0.15, -0.1) is 0 Å². The minimum absolute atomic E-state index is 0.303. The summed E-state index contributed by atoms with van der Waals surface area (Å²) in [6.07, 6.45) is 0. The van der Waals surface area contributed by atoms with Crippen molar-refractivity contribution in [1.29, 1.82) is 0 Å². The summed E-state index contributed by atoms with van der Waals surface area (Å²) in [5.74, 6) is 0. The normalized spacial score (nSPS) is 13.9. The molecular formula is C72H52N2. The molecule has 2 nitrogen and oxygen atoms in total. The van der Waals surface area contributed by atoms with Gasteiger partial charge in [-0.05, 0) is 171 Å². The van der Waals surface area contributed by atoms with Crippen molar-refractivity contribution in [3.8, 4) is 22.3 Å². The summed E-state index contributed by atoms with van der Waals surface area (Å²) in [4.78, 5) is 5.01. The van der Waals surface area contributed by atoms with Crippen LogP contribution >= 0.6 is 0 Å². The summed E-state index contributed by atoms with van der Waals surface area (Å²) in [7, 11) is 0. The lowest BCUT2D eigenvalue weighted by Crippen LogP contribution is -2.18. The molecule has 15 rings (SSSR count). The van der Waals surface area contributed by atoms with Crippen LogP contribution in [0.15, 0.2) is 243 Å². The van der Waals surface area contributed by atoms with Gasteiger partial charge in [0.05, 0.1) is 11.4 Å². The van der Waals surface area contributed by atoms with E-state index >= 15 is 0 Å². The predicted octanol–water partition coefficient (Wildman–Crippen LogP) is 20.2. The van der Waals surface area contributed by atoms with Gasteiger partial charge in [0.2, 0.25) is 0 Å². The minimum Gasteiger partial charge on any atom is -0.310 e. The zero-order chi connectivity index (χ0) is 49.5. The Labute approximate surface area is 432 Å². The maximum absolute atomic E-state index is 2.59. The first-order chi connectivity index (χ1) is 36.2. The summed E-state index contributed by atoms with van der Waals surface area (Å²) in [5, 5.41) is 14.9. The van der Waals surface area contributed by atoms with Gasteiger partial charge in [-0.25, -0.2) is 0 Å². The van der Waals surface area contributed by atoms with Gasteiger partial charge >= 0.3 is 0 Å². The zero-order valence-electron chi connectivity index (χ0n) is 42.0. The van der Waals surface area contributed by atoms with Crippen LogP contribution in [0, 0.1) is 0 Å². The van der Waals surface area contributed by atoms with Crippen LogP contribution in [0.1, 0.15) is 49.9 Å². The third kappa shape index (κ3) is 6.24. The first-order valence-electron chi connectivity index (χ1n) is 26.1. The molecule has 0 atom stereocenters. The second-order valence-corrected chi connectivity index (χ2v) is 21.7. The quantitative estimate of drug-likeness (QED) is 0.164. The number of hydrogen-bond acceptors (Lipinski definition) is 2. The molecule has 2 aliphatic rings. The van der Waals surface area contributed by atoms with Gasteiger partial charge in [0.25, 0.3) is 0 Å². The first-order valence-corrected chi connectivity index (χ1v) is 26.1. The van der Waals surface area contributed by atoms with Crippen molar-refractivity contribution >= 4 is 98.8 Å². The molecule has 0 saturated heterocycles. The fraction of sp³-hybridized carbons (Fsp3) is 0.0833. The third-order valence-electron chi connectivity index (χ3n) is 16.9. The Hall–Kier alpha value is -8.98. The molecule has 13 aromatic carbocycles. The smallest absolute Gasteiger partial charge is 0.0543 e. The highest BCUT2D eigenvalue weighted by Gasteiger charge is 2.44. The van der Waals surface area contributed by atoms with Crippen molar-refractivity contribution in [1.82, 2.24) is 0 Å². The maximum Gasteiger partial charge on any atom is 0.0543 e. The molecule has 0 bridgehead atoms. The van der Waals surface area contributed by atoms with Crippen molar-refractivity contribution < 1.29 is 0 Å². The van der Waals surface area contributed by atoms with Crippen LogP contribution in [0.4, 0.5) is 34.1 Å². The summed E-state index contributed by atoms with van der Waals surface area (Å²) in [6, 6.07) is 91.0. The standard InChI is InChI=1S/C72H52N2/c1-71(2)63-41-62-64(42-61(63)69-59-27-15-13-25-57(59)67(43-65(69)71)73(53-33-29-45-17-5-9-21-49(45)37-53)54-34-30-46-18-6-10-22-50(46)38-54)72(3,4)66-44-68(58-26-14-16-28-60(58)70(62)66)74(55-35-31-47-19-7-11-23-51(47)39-55)56-36-32-48-20-8-12-24-52(48)40-56/h5-44H,1-4H3. The lowest BCUT2D eigenvalue weighted by Gasteiger charge is -2.30. The number of hydrogen-bond donors (Lipinski definition) is 0. The van der Waals surface area contributed by atoms with Crippen molar-refractivity contribution in [2.45, 2.75) is 38.5 Å². The van der Waals surface area contributed by atoms with E-state index in [9.17, 15) is 0 Å². The van der Waals surface area contributed by atoms with E-state index in [0.717, 1.165) is 22.7 Å². The Morgan fingerprint density at radius 3 is 0.824 bits per heavy atom. The number of benzene rings is 13. The number of fused-ring (bicyclic) bond motifs is 14. The van der Waals surface area contributed by atoms with Crippen LogP contribution in [0.2, 0.25) is 0 Å². The molecule has 0 unspecified atom stereocenters. The second kappa shape index (κ2) is 15.8. The largest absolute Gasteiger partial charge is 0.310 e. The SMILES string of the molecule is CC1(C)c2cc3c(cc2-c2c1cc(N(c1ccc4ccccc4c1)c1ccc4ccccc4c1)c1ccccc21)C(C)(C)c1cc(N(c2ccc4ccccc4c2)c2ccc4ccccc4c2)c2ccccc2c1-3. The van der Waals surface area contributed by atoms with E-state index in [1.165, 1.54) is 121 Å². The molecule has 350 valence electrons. The van der Waals surface area contributed by atoms with Crippen molar-refractivity contribution in [2.75, 3.05) is 9.80 Å². The molecular weight excluding hydrogens is 893 g/mol. The summed E-state index contributed by atoms with van der Waals surface area (Å²) in [6.45, 7) is 9.80. The molecule has 0 spiro atoms. The topological polar surface area (TPSA) is 6.48 Å². The lowest BCUT2D eigenvalue weighted by molar-refractivity contribution is 0.652. The summed E-state index contributed by atoms with van der Waals surface area (Å²) in [5.41, 5.74) is 17.2. The molecule has 0 fully saturated rings. The van der Waals surface area contributed by atoms with Crippen LogP contribution < -0.4 is 9.80 Å². The van der Waals surface area contributed by atoms with E-state index in [1.807, 2.05) is 0 Å². The molecule has 0 N–H and O–H groups in total. The highest BCUT2D eigenvalue weighted by molar-refractivity contribution is 6.14. The Morgan fingerprint density at radius 2 is 0.514 bits per heavy atom. The second-order valence-electron chi connectivity index (χ2n) is 21.7. The van der Waals surface area contributed by atoms with Crippen molar-refractivity contribution in [2.24, 2.45) is 0 Å². The van der Waals surface area contributed by atoms with E-state index in [4.69, 9.17) is 0 Å². The predicted molar refractivity (Wildman–Crippen MR) is 316 cm³/mol. The molecule has 13 aromatic rings. The molecule has 0 radical (unpaired) electrons. The molecule has 0 amide bonds. The lowest BCUT2D eigenvalue weighted by atomic mass is 9.79. The average Bonchev–Trinajstić information content (AvgIpc) is 3.93. The van der Waals surface area contributed by atoms with Crippen LogP contribution in [-0.2, 0) is 10.8 Å². The molecule has 0 heterocycles. The van der Waals surface area contributed by atoms with Crippen LogP contribution in [-0.4, -0.2) is 0 Å². The van der Waals surface area contributed by atoms with Gasteiger partial charge in [0, 0.05) is 44.4 Å². The zero-order valence-corrected chi connectivity index (χ0v) is 42.0. The van der Waals surface area contributed by atoms with Crippen LogP contribution in [0.25, 0.3) is 86.9 Å². The van der Waals surface area contributed by atoms with Crippen LogP contribution in [0.3, 0.4) is 0 Å². The van der Waals surface area contributed by atoms with Gasteiger partial charge in [0.15, 0.2) is 0 Å². The Balaban J connectivity index is 0.935. The molecule has 0 aliphatic heterocycles. The molecule has 0 saturated carbocycles. The van der Waals surface area contributed by atoms with E-state index < -0.39 is 0 Å². The van der Waals surface area contributed by atoms with Crippen molar-refractivity contribution in [3.05, 3.63) is 265 Å². The molecule has 74 heavy (non-hydrogen) atoms. The van der Waals surface area contributed by atoms with E-state index in [1.54, 1.807) is 0 Å². The maximum atomic E-state index is 2.59. The van der Waals surface area contributed by atoms with E-state index in [-0.39, 0.29) is 10.8 Å². The monoisotopic (exact) mass is 944 g/mol. The summed E-state index contributed by atoms with van der Waals surface area (Å²) >= 11 is 0. The van der Waals surface area contributed by atoms with E-state index in [2.05, 4.69) is 280 Å². The number of anilines is 6. The van der Waals surface area contributed by atoms with Gasteiger partial charge in [-0.1, -0.05) is 198 Å².